The predicted molar refractivity (Wildman–Crippen MR) is 74.2 cm³/mol. The first kappa shape index (κ1) is 13.4. The zero-order chi connectivity index (χ0) is 13.0. The molecule has 0 radical (unpaired) electrons. The molecular weight excluding hydrogens is 248 g/mol. The van der Waals surface area contributed by atoms with Gasteiger partial charge in [0.15, 0.2) is 0 Å². The second-order valence-corrected chi connectivity index (χ2v) is 6.66. The molecule has 18 heavy (non-hydrogen) atoms. The maximum Gasteiger partial charge on any atom is 0.232 e. The summed E-state index contributed by atoms with van der Waals surface area (Å²) < 4.78 is 26.4. The normalized spacial score (nSPS) is 15.6. The van der Waals surface area contributed by atoms with E-state index in [1.54, 1.807) is 6.07 Å². The smallest absolute Gasteiger partial charge is 0.232 e. The minimum absolute atomic E-state index is 0.168. The van der Waals surface area contributed by atoms with Crippen LogP contribution in [0.25, 0.3) is 0 Å². The second-order valence-electron chi connectivity index (χ2n) is 4.82. The number of benzene rings is 1. The Morgan fingerprint density at radius 3 is 2.67 bits per heavy atom. The summed E-state index contributed by atoms with van der Waals surface area (Å²) in [5.74, 6) is 0.168. The van der Waals surface area contributed by atoms with E-state index in [4.69, 9.17) is 0 Å². The number of rotatable bonds is 7. The highest BCUT2D eigenvalue weighted by Crippen LogP contribution is 2.18. The van der Waals surface area contributed by atoms with Crippen LogP contribution in [0.15, 0.2) is 24.3 Å². The maximum atomic E-state index is 11.9. The first-order valence-electron chi connectivity index (χ1n) is 6.36. The minimum Gasteiger partial charge on any atom is -0.314 e. The third-order valence-corrected chi connectivity index (χ3v) is 4.37. The second kappa shape index (κ2) is 5.71. The van der Waals surface area contributed by atoms with Crippen LogP contribution in [-0.4, -0.2) is 26.8 Å². The van der Waals surface area contributed by atoms with E-state index in [2.05, 4.69) is 10.0 Å². The van der Waals surface area contributed by atoms with E-state index in [1.165, 1.54) is 12.8 Å². The minimum atomic E-state index is -3.22. The van der Waals surface area contributed by atoms with E-state index in [0.717, 1.165) is 12.1 Å². The molecule has 2 rings (SSSR count). The van der Waals surface area contributed by atoms with Gasteiger partial charge in [-0.15, -0.1) is 0 Å². The summed E-state index contributed by atoms with van der Waals surface area (Å²) in [7, 11) is -3.22. The molecule has 0 bridgehead atoms. The fourth-order valence-corrected chi connectivity index (χ4v) is 2.95. The Labute approximate surface area is 109 Å². The Morgan fingerprint density at radius 1 is 1.28 bits per heavy atom. The van der Waals surface area contributed by atoms with Crippen molar-refractivity contribution in [3.05, 3.63) is 29.8 Å². The fraction of sp³-hybridized carbons (Fsp3) is 0.538. The van der Waals surface area contributed by atoms with E-state index in [0.29, 0.717) is 18.2 Å². The third-order valence-electron chi connectivity index (χ3n) is 3.01. The quantitative estimate of drug-likeness (QED) is 0.742. The number of nitrogens with one attached hydrogen (secondary N) is 2. The number of hydrogen-bond donors (Lipinski definition) is 2. The van der Waals surface area contributed by atoms with E-state index >= 15 is 0 Å². The highest BCUT2D eigenvalue weighted by Gasteiger charge is 2.20. The van der Waals surface area contributed by atoms with Gasteiger partial charge in [0.1, 0.15) is 0 Å². The molecule has 4 nitrogen and oxygen atoms in total. The molecule has 0 atom stereocenters. The summed E-state index contributed by atoms with van der Waals surface area (Å²) in [6.45, 7) is 2.67. The molecule has 1 saturated carbocycles. The highest BCUT2D eigenvalue weighted by molar-refractivity contribution is 7.92. The van der Waals surface area contributed by atoms with Crippen molar-refractivity contribution in [2.75, 3.05) is 17.0 Å². The van der Waals surface area contributed by atoms with Gasteiger partial charge in [0.2, 0.25) is 10.0 Å². The van der Waals surface area contributed by atoms with Crippen LogP contribution in [0.2, 0.25) is 0 Å². The lowest BCUT2D eigenvalue weighted by molar-refractivity contribution is 0.593. The van der Waals surface area contributed by atoms with Crippen molar-refractivity contribution in [2.45, 2.75) is 32.2 Å². The Morgan fingerprint density at radius 2 is 2.00 bits per heavy atom. The summed E-state index contributed by atoms with van der Waals surface area (Å²) in [5.41, 5.74) is 1.62. The highest BCUT2D eigenvalue weighted by atomic mass is 32.2. The van der Waals surface area contributed by atoms with Crippen molar-refractivity contribution >= 4 is 15.7 Å². The molecule has 0 aromatic heterocycles. The van der Waals surface area contributed by atoms with Crippen molar-refractivity contribution in [1.29, 1.82) is 0 Å². The molecule has 0 heterocycles. The molecule has 0 unspecified atom stereocenters. The lowest BCUT2D eigenvalue weighted by atomic mass is 10.2. The van der Waals surface area contributed by atoms with Crippen LogP contribution in [0.5, 0.6) is 0 Å². The monoisotopic (exact) mass is 268 g/mol. The average molecular weight is 268 g/mol. The molecule has 1 aromatic rings. The van der Waals surface area contributed by atoms with Gasteiger partial charge in [-0.25, -0.2) is 8.42 Å². The molecule has 1 aromatic carbocycles. The zero-order valence-electron chi connectivity index (χ0n) is 10.6. The van der Waals surface area contributed by atoms with E-state index in [-0.39, 0.29) is 5.75 Å². The molecule has 2 N–H and O–H groups in total. The number of aryl methyl sites for hydroxylation is 1. The summed E-state index contributed by atoms with van der Waals surface area (Å²) in [6, 6.07) is 8.05. The lowest BCUT2D eigenvalue weighted by Crippen LogP contribution is -2.23. The first-order chi connectivity index (χ1) is 8.57. The number of anilines is 1. The van der Waals surface area contributed by atoms with E-state index in [1.807, 2.05) is 25.1 Å². The third kappa shape index (κ3) is 4.31. The Bertz CT molecular complexity index is 495. The molecular formula is C13H20N2O2S. The van der Waals surface area contributed by atoms with Crippen LogP contribution in [0, 0.1) is 6.92 Å². The van der Waals surface area contributed by atoms with E-state index in [9.17, 15) is 8.42 Å². The molecule has 0 spiro atoms. The molecule has 100 valence electrons. The molecule has 0 aliphatic heterocycles. The maximum absolute atomic E-state index is 11.9. The SMILES string of the molecule is Cc1ccccc1NS(=O)(=O)CCCNC1CC1. The van der Waals surface area contributed by atoms with Gasteiger partial charge in [0, 0.05) is 6.04 Å². The van der Waals surface area contributed by atoms with E-state index < -0.39 is 10.0 Å². The lowest BCUT2D eigenvalue weighted by Gasteiger charge is -2.10. The zero-order valence-corrected chi connectivity index (χ0v) is 11.5. The standard InChI is InChI=1S/C13H20N2O2S/c1-11-5-2-3-6-13(11)15-18(16,17)10-4-9-14-12-7-8-12/h2-3,5-6,12,14-15H,4,7-10H2,1H3. The van der Waals surface area contributed by atoms with Gasteiger partial charge in [0.25, 0.3) is 0 Å². The van der Waals surface area contributed by atoms with Gasteiger partial charge >= 0.3 is 0 Å². The Balaban J connectivity index is 1.80. The molecule has 0 amide bonds. The Kier molecular flexibility index (Phi) is 4.24. The van der Waals surface area contributed by atoms with Crippen LogP contribution >= 0.6 is 0 Å². The summed E-state index contributed by atoms with van der Waals surface area (Å²) in [5, 5.41) is 3.31. The largest absolute Gasteiger partial charge is 0.314 e. The molecule has 5 heteroatoms. The molecule has 1 aliphatic carbocycles. The molecule has 1 aliphatic rings. The first-order valence-corrected chi connectivity index (χ1v) is 8.01. The van der Waals surface area contributed by atoms with Gasteiger partial charge in [-0.1, -0.05) is 18.2 Å². The van der Waals surface area contributed by atoms with Crippen LogP contribution in [-0.2, 0) is 10.0 Å². The topological polar surface area (TPSA) is 58.2 Å². The number of para-hydroxylation sites is 1. The van der Waals surface area contributed by atoms with Gasteiger partial charge in [-0.3, -0.25) is 4.72 Å². The summed E-state index contributed by atoms with van der Waals surface area (Å²) in [6.07, 6.45) is 3.11. The van der Waals surface area contributed by atoms with Gasteiger partial charge in [-0.05, 0) is 44.4 Å². The van der Waals surface area contributed by atoms with Gasteiger partial charge in [-0.2, -0.15) is 0 Å². The number of sulfonamides is 1. The van der Waals surface area contributed by atoms with Crippen LogP contribution in [0.1, 0.15) is 24.8 Å². The number of hydrogen-bond acceptors (Lipinski definition) is 3. The van der Waals surface area contributed by atoms with Crippen molar-refractivity contribution in [3.8, 4) is 0 Å². The van der Waals surface area contributed by atoms with Crippen molar-refractivity contribution in [2.24, 2.45) is 0 Å². The van der Waals surface area contributed by atoms with Crippen molar-refractivity contribution in [3.63, 3.8) is 0 Å². The average Bonchev–Trinajstić information content (AvgIpc) is 3.12. The summed E-state index contributed by atoms with van der Waals surface area (Å²) >= 11 is 0. The van der Waals surface area contributed by atoms with Gasteiger partial charge in [0.05, 0.1) is 11.4 Å². The predicted octanol–water partition coefficient (Wildman–Crippen LogP) is 1.88. The molecule has 0 saturated heterocycles. The summed E-state index contributed by atoms with van der Waals surface area (Å²) in [4.78, 5) is 0. The fourth-order valence-electron chi connectivity index (χ4n) is 1.76. The van der Waals surface area contributed by atoms with Crippen molar-refractivity contribution < 1.29 is 8.42 Å². The van der Waals surface area contributed by atoms with Crippen LogP contribution in [0.4, 0.5) is 5.69 Å². The molecule has 1 fully saturated rings. The van der Waals surface area contributed by atoms with Gasteiger partial charge < -0.3 is 5.32 Å². The van der Waals surface area contributed by atoms with Crippen LogP contribution in [0.3, 0.4) is 0 Å². The Hall–Kier alpha value is -1.07. The van der Waals surface area contributed by atoms with Crippen LogP contribution < -0.4 is 10.0 Å². The van der Waals surface area contributed by atoms with Crippen molar-refractivity contribution in [1.82, 2.24) is 5.32 Å².